The SMILES string of the molecule is O=C1OCCC1(Cl)Cl.O=C1OCCC1O. The summed E-state index contributed by atoms with van der Waals surface area (Å²) in [5.41, 5.74) is 0. The number of carbonyl (C=O) groups excluding carboxylic acids is 2. The molecule has 7 heteroatoms. The maximum atomic E-state index is 10.4. The van der Waals surface area contributed by atoms with Crippen LogP contribution in [0, 0.1) is 0 Å². The maximum absolute atomic E-state index is 10.4. The van der Waals surface area contributed by atoms with E-state index in [-0.39, 0.29) is 0 Å². The lowest BCUT2D eigenvalue weighted by atomic mass is 10.3. The summed E-state index contributed by atoms with van der Waals surface area (Å²) in [5, 5.41) is 8.52. The number of alkyl halides is 2. The molecular formula is C8H10Cl2O5. The molecular weight excluding hydrogens is 247 g/mol. The molecule has 0 aromatic rings. The number of esters is 2. The van der Waals surface area contributed by atoms with Crippen molar-refractivity contribution in [3.63, 3.8) is 0 Å². The van der Waals surface area contributed by atoms with E-state index in [9.17, 15) is 9.59 Å². The van der Waals surface area contributed by atoms with Crippen LogP contribution in [-0.2, 0) is 19.1 Å². The predicted molar refractivity (Wildman–Crippen MR) is 51.6 cm³/mol. The molecule has 0 aromatic heterocycles. The largest absolute Gasteiger partial charge is 0.464 e. The van der Waals surface area contributed by atoms with Crippen LogP contribution in [0.1, 0.15) is 12.8 Å². The van der Waals surface area contributed by atoms with Crippen LogP contribution in [-0.4, -0.2) is 40.7 Å². The normalized spacial score (nSPS) is 27.8. The Morgan fingerprint density at radius 3 is 2.07 bits per heavy atom. The first kappa shape index (κ1) is 12.5. The van der Waals surface area contributed by atoms with Gasteiger partial charge in [-0.15, -0.1) is 0 Å². The fraction of sp³-hybridized carbons (Fsp3) is 0.750. The Morgan fingerprint density at radius 2 is 1.93 bits per heavy atom. The molecule has 2 aliphatic rings. The number of aliphatic hydroxyl groups is 1. The van der Waals surface area contributed by atoms with Crippen molar-refractivity contribution in [3.05, 3.63) is 0 Å². The molecule has 86 valence electrons. The molecule has 15 heavy (non-hydrogen) atoms. The summed E-state index contributed by atoms with van der Waals surface area (Å²) in [6.45, 7) is 0.714. The lowest BCUT2D eigenvalue weighted by molar-refractivity contribution is -0.144. The molecule has 0 spiro atoms. The Morgan fingerprint density at radius 1 is 1.27 bits per heavy atom. The van der Waals surface area contributed by atoms with Crippen LogP contribution in [0.25, 0.3) is 0 Å². The van der Waals surface area contributed by atoms with E-state index in [1.54, 1.807) is 0 Å². The number of aliphatic hydroxyl groups excluding tert-OH is 1. The van der Waals surface area contributed by atoms with E-state index in [0.29, 0.717) is 26.1 Å². The molecule has 5 nitrogen and oxygen atoms in total. The Labute approximate surface area is 96.2 Å². The zero-order valence-electron chi connectivity index (χ0n) is 7.74. The van der Waals surface area contributed by atoms with Crippen molar-refractivity contribution >= 4 is 35.1 Å². The second-order valence-corrected chi connectivity index (χ2v) is 4.55. The van der Waals surface area contributed by atoms with Crippen molar-refractivity contribution in [1.29, 1.82) is 0 Å². The summed E-state index contributed by atoms with van der Waals surface area (Å²) in [6, 6.07) is 0. The van der Waals surface area contributed by atoms with Gasteiger partial charge in [0.15, 0.2) is 6.10 Å². The lowest BCUT2D eigenvalue weighted by Crippen LogP contribution is -2.18. The van der Waals surface area contributed by atoms with Crippen molar-refractivity contribution in [3.8, 4) is 0 Å². The molecule has 1 unspecified atom stereocenters. The van der Waals surface area contributed by atoms with Gasteiger partial charge in [0.05, 0.1) is 13.2 Å². The molecule has 1 atom stereocenters. The third-order valence-electron chi connectivity index (χ3n) is 1.86. The molecule has 2 saturated heterocycles. The first-order chi connectivity index (χ1) is 6.93. The molecule has 0 bridgehead atoms. The van der Waals surface area contributed by atoms with Gasteiger partial charge in [-0.05, 0) is 0 Å². The number of halogens is 2. The number of hydrogen-bond acceptors (Lipinski definition) is 5. The van der Waals surface area contributed by atoms with E-state index < -0.39 is 22.4 Å². The lowest BCUT2D eigenvalue weighted by Gasteiger charge is -2.01. The third-order valence-corrected chi connectivity index (χ3v) is 2.54. The predicted octanol–water partition coefficient (Wildman–Crippen LogP) is 0.401. The highest BCUT2D eigenvalue weighted by Crippen LogP contribution is 2.31. The van der Waals surface area contributed by atoms with Crippen LogP contribution in [0.4, 0.5) is 0 Å². The van der Waals surface area contributed by atoms with E-state index in [0.717, 1.165) is 0 Å². The van der Waals surface area contributed by atoms with Gasteiger partial charge in [0.25, 0.3) is 0 Å². The minimum atomic E-state index is -1.26. The van der Waals surface area contributed by atoms with Gasteiger partial charge in [-0.2, -0.15) is 0 Å². The molecule has 0 radical (unpaired) electrons. The van der Waals surface area contributed by atoms with E-state index >= 15 is 0 Å². The zero-order chi connectivity index (χ0) is 11.5. The van der Waals surface area contributed by atoms with Gasteiger partial charge < -0.3 is 14.6 Å². The maximum Gasteiger partial charge on any atom is 0.342 e. The van der Waals surface area contributed by atoms with Gasteiger partial charge in [0, 0.05) is 12.8 Å². The van der Waals surface area contributed by atoms with Gasteiger partial charge in [-0.3, -0.25) is 0 Å². The van der Waals surface area contributed by atoms with Gasteiger partial charge in [0.2, 0.25) is 4.33 Å². The van der Waals surface area contributed by atoms with Crippen molar-refractivity contribution in [2.75, 3.05) is 13.2 Å². The van der Waals surface area contributed by atoms with Crippen LogP contribution < -0.4 is 0 Å². The summed E-state index contributed by atoms with van der Waals surface area (Å²) in [5.74, 6) is -1.01. The van der Waals surface area contributed by atoms with Gasteiger partial charge in [-0.1, -0.05) is 23.2 Å². The second kappa shape index (κ2) is 5.01. The van der Waals surface area contributed by atoms with Crippen molar-refractivity contribution < 1.29 is 24.2 Å². The topological polar surface area (TPSA) is 72.8 Å². The summed E-state index contributed by atoms with van der Waals surface area (Å²) >= 11 is 10.8. The minimum absolute atomic E-state index is 0.339. The van der Waals surface area contributed by atoms with Crippen molar-refractivity contribution in [2.45, 2.75) is 23.3 Å². The van der Waals surface area contributed by atoms with Gasteiger partial charge in [0.1, 0.15) is 0 Å². The molecule has 0 aromatic carbocycles. The van der Waals surface area contributed by atoms with Gasteiger partial charge >= 0.3 is 11.9 Å². The number of ether oxygens (including phenoxy) is 2. The fourth-order valence-corrected chi connectivity index (χ4v) is 1.23. The van der Waals surface area contributed by atoms with E-state index in [1.165, 1.54) is 0 Å². The number of rotatable bonds is 0. The Balaban J connectivity index is 0.000000151. The van der Waals surface area contributed by atoms with Gasteiger partial charge in [-0.25, -0.2) is 9.59 Å². The summed E-state index contributed by atoms with van der Waals surface area (Å²) in [6.07, 6.45) is 0.00772. The van der Waals surface area contributed by atoms with E-state index in [2.05, 4.69) is 9.47 Å². The highest BCUT2D eigenvalue weighted by molar-refractivity contribution is 6.57. The first-order valence-electron chi connectivity index (χ1n) is 4.33. The van der Waals surface area contributed by atoms with Crippen molar-refractivity contribution in [2.24, 2.45) is 0 Å². The standard InChI is InChI=1S/C4H4Cl2O2.C4H6O3/c5-4(6)1-2-8-3(4)7;5-3-1-2-7-4(3)6/h1-2H2;3,5H,1-2H2. The zero-order valence-corrected chi connectivity index (χ0v) is 9.25. The first-order valence-corrected chi connectivity index (χ1v) is 5.09. The molecule has 1 N–H and O–H groups in total. The summed E-state index contributed by atoms with van der Waals surface area (Å²) in [7, 11) is 0. The van der Waals surface area contributed by atoms with Crippen molar-refractivity contribution in [1.82, 2.24) is 0 Å². The quantitative estimate of drug-likeness (QED) is 0.502. The molecule has 2 rings (SSSR count). The smallest absolute Gasteiger partial charge is 0.342 e. The van der Waals surface area contributed by atoms with E-state index in [4.69, 9.17) is 28.3 Å². The number of hydrogen-bond donors (Lipinski definition) is 1. The number of carbonyl (C=O) groups is 2. The Kier molecular flexibility index (Phi) is 4.19. The highest BCUT2D eigenvalue weighted by Gasteiger charge is 2.40. The van der Waals surface area contributed by atoms with E-state index in [1.807, 2.05) is 0 Å². The highest BCUT2D eigenvalue weighted by atomic mass is 35.5. The fourth-order valence-electron chi connectivity index (χ4n) is 0.965. The summed E-state index contributed by atoms with van der Waals surface area (Å²) in [4.78, 5) is 20.5. The molecule has 2 heterocycles. The molecule has 2 aliphatic heterocycles. The Hall–Kier alpha value is -0.520. The molecule has 2 fully saturated rings. The van der Waals surface area contributed by atoms with Crippen LogP contribution in [0.5, 0.6) is 0 Å². The molecule has 0 amide bonds. The van der Waals surface area contributed by atoms with Crippen LogP contribution in [0.15, 0.2) is 0 Å². The average Bonchev–Trinajstić information content (AvgIpc) is 2.64. The summed E-state index contributed by atoms with van der Waals surface area (Å²) < 4.78 is 7.58. The minimum Gasteiger partial charge on any atom is -0.464 e. The van der Waals surface area contributed by atoms with Crippen LogP contribution in [0.3, 0.4) is 0 Å². The second-order valence-electron chi connectivity index (χ2n) is 3.06. The van der Waals surface area contributed by atoms with Crippen LogP contribution >= 0.6 is 23.2 Å². The average molecular weight is 257 g/mol. The molecule has 0 aliphatic carbocycles. The van der Waals surface area contributed by atoms with Crippen LogP contribution in [0.2, 0.25) is 0 Å². The monoisotopic (exact) mass is 256 g/mol. The Bertz CT molecular complexity index is 266. The number of cyclic esters (lactones) is 2. The third kappa shape index (κ3) is 3.52. The molecule has 0 saturated carbocycles.